The third-order valence-electron chi connectivity index (χ3n) is 3.99. The van der Waals surface area contributed by atoms with Crippen LogP contribution in [-0.2, 0) is 6.42 Å². The summed E-state index contributed by atoms with van der Waals surface area (Å²) < 4.78 is 0. The molecule has 0 spiro atoms. The summed E-state index contributed by atoms with van der Waals surface area (Å²) in [5.41, 5.74) is 4.41. The maximum atomic E-state index is 2.43. The van der Waals surface area contributed by atoms with E-state index < -0.39 is 0 Å². The van der Waals surface area contributed by atoms with Crippen molar-refractivity contribution in [3.63, 3.8) is 0 Å². The van der Waals surface area contributed by atoms with Crippen LogP contribution in [0.4, 0.5) is 0 Å². The van der Waals surface area contributed by atoms with Crippen molar-refractivity contribution in [3.8, 4) is 0 Å². The Morgan fingerprint density at radius 3 is 2.26 bits per heavy atom. The minimum Gasteiger partial charge on any atom is -0.0807 e. The second-order valence-electron chi connectivity index (χ2n) is 5.43. The maximum absolute atomic E-state index is 2.43. The first-order valence-corrected chi connectivity index (χ1v) is 7.20. The lowest BCUT2D eigenvalue weighted by atomic mass is 9.82. The average Bonchev–Trinajstić information content (AvgIpc) is 2.49. The molecule has 0 heteroatoms. The van der Waals surface area contributed by atoms with Crippen LogP contribution < -0.4 is 0 Å². The van der Waals surface area contributed by atoms with Gasteiger partial charge in [0.1, 0.15) is 0 Å². The summed E-state index contributed by atoms with van der Waals surface area (Å²) in [5, 5.41) is 0. The van der Waals surface area contributed by atoms with Gasteiger partial charge in [0, 0.05) is 0 Å². The molecule has 0 heterocycles. The summed E-state index contributed by atoms with van der Waals surface area (Å²) in [6.07, 6.45) is 7.41. The quantitative estimate of drug-likeness (QED) is 0.707. The number of benzene rings is 2. The zero-order valence-electron chi connectivity index (χ0n) is 11.3. The van der Waals surface area contributed by atoms with Crippen molar-refractivity contribution >= 4 is 5.57 Å². The first-order chi connectivity index (χ1) is 9.42. The predicted molar refractivity (Wildman–Crippen MR) is 81.9 cm³/mol. The molecule has 0 radical (unpaired) electrons. The highest BCUT2D eigenvalue weighted by Gasteiger charge is 2.16. The van der Waals surface area contributed by atoms with Crippen LogP contribution in [0.15, 0.2) is 66.7 Å². The minimum absolute atomic E-state index is 0.794. The zero-order valence-corrected chi connectivity index (χ0v) is 11.3. The molecule has 0 saturated heterocycles. The fraction of sp³-hybridized carbons (Fsp3) is 0.263. The van der Waals surface area contributed by atoms with Gasteiger partial charge in [0.05, 0.1) is 0 Å². The summed E-state index contributed by atoms with van der Waals surface area (Å²) in [5.74, 6) is 0.794. The molecule has 2 aromatic rings. The molecular formula is C19H20. The lowest BCUT2D eigenvalue weighted by Crippen LogP contribution is -2.09. The second kappa shape index (κ2) is 5.88. The van der Waals surface area contributed by atoms with E-state index in [0.29, 0.717) is 0 Å². The molecule has 1 unspecified atom stereocenters. The molecule has 0 saturated carbocycles. The van der Waals surface area contributed by atoms with E-state index in [4.69, 9.17) is 0 Å². The van der Waals surface area contributed by atoms with Crippen LogP contribution in [0.2, 0.25) is 0 Å². The molecule has 0 aliphatic heterocycles. The zero-order chi connectivity index (χ0) is 12.9. The van der Waals surface area contributed by atoms with Gasteiger partial charge in [0.2, 0.25) is 0 Å². The molecule has 0 N–H and O–H groups in total. The van der Waals surface area contributed by atoms with E-state index in [1.807, 2.05) is 0 Å². The third-order valence-corrected chi connectivity index (χ3v) is 3.99. The highest BCUT2D eigenvalue weighted by molar-refractivity contribution is 5.66. The van der Waals surface area contributed by atoms with Crippen LogP contribution in [0.5, 0.6) is 0 Å². The number of hydrogen-bond donors (Lipinski definition) is 0. The van der Waals surface area contributed by atoms with Crippen LogP contribution in [0.3, 0.4) is 0 Å². The average molecular weight is 248 g/mol. The molecule has 0 fully saturated rings. The first kappa shape index (κ1) is 12.2. The van der Waals surface area contributed by atoms with Gasteiger partial charge in [0.25, 0.3) is 0 Å². The van der Waals surface area contributed by atoms with E-state index in [1.54, 1.807) is 0 Å². The Morgan fingerprint density at radius 2 is 1.53 bits per heavy atom. The predicted octanol–water partition coefficient (Wildman–Crippen LogP) is 5.11. The Kier molecular flexibility index (Phi) is 3.78. The summed E-state index contributed by atoms with van der Waals surface area (Å²) in [6.45, 7) is 0. The van der Waals surface area contributed by atoms with Crippen LogP contribution in [0, 0.1) is 5.92 Å². The van der Waals surface area contributed by atoms with E-state index in [2.05, 4.69) is 66.7 Å². The van der Waals surface area contributed by atoms with Gasteiger partial charge < -0.3 is 0 Å². The number of rotatable bonds is 3. The largest absolute Gasteiger partial charge is 0.0807 e. The number of allylic oxidation sites excluding steroid dienone is 2. The Hall–Kier alpha value is -1.82. The van der Waals surface area contributed by atoms with Crippen molar-refractivity contribution in [3.05, 3.63) is 77.9 Å². The highest BCUT2D eigenvalue weighted by atomic mass is 14.2. The SMILES string of the molecule is C1=C(c2ccccc2)CC(Cc2ccccc2)CC1. The number of hydrogen-bond acceptors (Lipinski definition) is 0. The van der Waals surface area contributed by atoms with Crippen LogP contribution in [-0.4, -0.2) is 0 Å². The Labute approximate surface area is 115 Å². The van der Waals surface area contributed by atoms with E-state index in [0.717, 1.165) is 5.92 Å². The van der Waals surface area contributed by atoms with Crippen molar-refractivity contribution < 1.29 is 0 Å². The summed E-state index contributed by atoms with van der Waals surface area (Å²) in [7, 11) is 0. The molecule has 0 amide bonds. The Bertz CT molecular complexity index is 537. The Morgan fingerprint density at radius 1 is 0.842 bits per heavy atom. The second-order valence-corrected chi connectivity index (χ2v) is 5.43. The van der Waals surface area contributed by atoms with Gasteiger partial charge in [-0.3, -0.25) is 0 Å². The van der Waals surface area contributed by atoms with Crippen LogP contribution >= 0.6 is 0 Å². The van der Waals surface area contributed by atoms with Gasteiger partial charge in [0.15, 0.2) is 0 Å². The Balaban J connectivity index is 1.70. The van der Waals surface area contributed by atoms with Crippen LogP contribution in [0.1, 0.15) is 30.4 Å². The molecule has 0 nitrogen and oxygen atoms in total. The molecule has 0 aromatic heterocycles. The monoisotopic (exact) mass is 248 g/mol. The normalized spacial score (nSPS) is 18.9. The molecule has 1 aliphatic carbocycles. The van der Waals surface area contributed by atoms with Gasteiger partial charge in [-0.15, -0.1) is 0 Å². The molecule has 1 aliphatic rings. The first-order valence-electron chi connectivity index (χ1n) is 7.20. The molecule has 1 atom stereocenters. The van der Waals surface area contributed by atoms with Crippen molar-refractivity contribution in [2.75, 3.05) is 0 Å². The lowest BCUT2D eigenvalue weighted by Gasteiger charge is -2.23. The molecular weight excluding hydrogens is 228 g/mol. The van der Waals surface area contributed by atoms with E-state index in [1.165, 1.54) is 42.4 Å². The maximum Gasteiger partial charge on any atom is -0.0228 e. The highest BCUT2D eigenvalue weighted by Crippen LogP contribution is 2.32. The van der Waals surface area contributed by atoms with E-state index in [-0.39, 0.29) is 0 Å². The van der Waals surface area contributed by atoms with Gasteiger partial charge in [-0.2, -0.15) is 0 Å². The summed E-state index contributed by atoms with van der Waals surface area (Å²) in [6, 6.07) is 21.7. The lowest BCUT2D eigenvalue weighted by molar-refractivity contribution is 0.486. The van der Waals surface area contributed by atoms with Crippen molar-refractivity contribution in [1.29, 1.82) is 0 Å². The fourth-order valence-electron chi connectivity index (χ4n) is 3.00. The van der Waals surface area contributed by atoms with E-state index >= 15 is 0 Å². The van der Waals surface area contributed by atoms with Gasteiger partial charge in [-0.25, -0.2) is 0 Å². The third kappa shape index (κ3) is 3.14. The molecule has 2 aromatic carbocycles. The van der Waals surface area contributed by atoms with Crippen molar-refractivity contribution in [1.82, 2.24) is 0 Å². The molecule has 96 valence electrons. The standard InChI is InChI=1S/C19H20/c1-3-8-16(9-4-1)14-17-10-7-13-19(15-17)18-11-5-2-6-12-18/h1-6,8-9,11-13,17H,7,10,14-15H2. The molecule has 19 heavy (non-hydrogen) atoms. The topological polar surface area (TPSA) is 0 Å². The smallest absolute Gasteiger partial charge is 0.0228 e. The molecule has 0 bridgehead atoms. The fourth-order valence-corrected chi connectivity index (χ4v) is 3.00. The minimum atomic E-state index is 0.794. The van der Waals surface area contributed by atoms with Gasteiger partial charge in [-0.05, 0) is 48.3 Å². The summed E-state index contributed by atoms with van der Waals surface area (Å²) >= 11 is 0. The summed E-state index contributed by atoms with van der Waals surface area (Å²) in [4.78, 5) is 0. The van der Waals surface area contributed by atoms with E-state index in [9.17, 15) is 0 Å². The van der Waals surface area contributed by atoms with Gasteiger partial charge in [-0.1, -0.05) is 66.7 Å². The van der Waals surface area contributed by atoms with Gasteiger partial charge >= 0.3 is 0 Å². The molecule has 3 rings (SSSR count). The van der Waals surface area contributed by atoms with Crippen LogP contribution in [0.25, 0.3) is 5.57 Å². The van der Waals surface area contributed by atoms with Crippen molar-refractivity contribution in [2.24, 2.45) is 5.92 Å². The van der Waals surface area contributed by atoms with Crippen molar-refractivity contribution in [2.45, 2.75) is 25.7 Å².